The summed E-state index contributed by atoms with van der Waals surface area (Å²) in [7, 11) is -3.76. The topological polar surface area (TPSA) is 108 Å². The van der Waals surface area contributed by atoms with E-state index >= 15 is 0 Å². The number of hydrogen-bond acceptors (Lipinski definition) is 5. The van der Waals surface area contributed by atoms with Crippen molar-refractivity contribution in [3.8, 4) is 5.75 Å². The molecule has 112 valence electrons. The first-order chi connectivity index (χ1) is 9.97. The zero-order valence-electron chi connectivity index (χ0n) is 11.4. The first-order valence-electron chi connectivity index (χ1n) is 6.41. The monoisotopic (exact) mass is 307 g/mol. The van der Waals surface area contributed by atoms with Crippen LogP contribution in [-0.4, -0.2) is 20.0 Å². The predicted molar refractivity (Wildman–Crippen MR) is 80.3 cm³/mol. The molecule has 0 amide bonds. The molecular formula is C14H17N3O3S. The van der Waals surface area contributed by atoms with Crippen LogP contribution in [0.1, 0.15) is 12.0 Å². The molecule has 2 rings (SSSR count). The van der Waals surface area contributed by atoms with Gasteiger partial charge in [-0.25, -0.2) is 13.6 Å². The molecule has 1 aromatic carbocycles. The predicted octanol–water partition coefficient (Wildman–Crippen LogP) is 1.32. The number of aromatic nitrogens is 1. The van der Waals surface area contributed by atoms with Crippen molar-refractivity contribution in [2.45, 2.75) is 17.7 Å². The van der Waals surface area contributed by atoms with Crippen LogP contribution < -0.4 is 15.6 Å². The molecule has 0 spiro atoms. The first kappa shape index (κ1) is 15.3. The fourth-order valence-corrected chi connectivity index (χ4v) is 2.35. The Bertz CT molecular complexity index is 703. The van der Waals surface area contributed by atoms with E-state index < -0.39 is 10.0 Å². The molecule has 0 atom stereocenters. The molecule has 0 saturated heterocycles. The van der Waals surface area contributed by atoms with Crippen LogP contribution in [0.3, 0.4) is 0 Å². The maximum absolute atomic E-state index is 11.3. The van der Waals surface area contributed by atoms with E-state index in [-0.39, 0.29) is 4.90 Å². The summed E-state index contributed by atoms with van der Waals surface area (Å²) in [4.78, 5) is 3.94. The van der Waals surface area contributed by atoms with Crippen molar-refractivity contribution in [2.75, 3.05) is 12.3 Å². The van der Waals surface area contributed by atoms with Crippen molar-refractivity contribution >= 4 is 15.7 Å². The summed E-state index contributed by atoms with van der Waals surface area (Å²) >= 11 is 0. The Hall–Kier alpha value is -2.12. The second-order valence-electron chi connectivity index (χ2n) is 4.55. The number of hydrogen-bond donors (Lipinski definition) is 2. The normalized spacial score (nSPS) is 11.3. The van der Waals surface area contributed by atoms with Gasteiger partial charge >= 0.3 is 0 Å². The molecule has 6 nitrogen and oxygen atoms in total. The van der Waals surface area contributed by atoms with Gasteiger partial charge in [-0.15, -0.1) is 0 Å². The highest BCUT2D eigenvalue weighted by Crippen LogP contribution is 2.24. The van der Waals surface area contributed by atoms with E-state index in [0.29, 0.717) is 18.0 Å². The van der Waals surface area contributed by atoms with Gasteiger partial charge in [-0.05, 0) is 42.7 Å². The molecule has 0 aliphatic rings. The molecule has 0 unspecified atom stereocenters. The fourth-order valence-electron chi connectivity index (χ4n) is 1.82. The number of anilines is 1. The maximum atomic E-state index is 11.3. The highest BCUT2D eigenvalue weighted by molar-refractivity contribution is 7.89. The molecule has 0 saturated carbocycles. The lowest BCUT2D eigenvalue weighted by atomic mass is 10.1. The molecule has 21 heavy (non-hydrogen) atoms. The zero-order chi connectivity index (χ0) is 15.3. The molecule has 4 N–H and O–H groups in total. The fraction of sp³-hybridized carbons (Fsp3) is 0.214. The van der Waals surface area contributed by atoms with E-state index in [1.54, 1.807) is 12.4 Å². The van der Waals surface area contributed by atoms with Crippen molar-refractivity contribution in [3.63, 3.8) is 0 Å². The highest BCUT2D eigenvalue weighted by Gasteiger charge is 2.11. The number of rotatable bonds is 6. The van der Waals surface area contributed by atoms with Crippen LogP contribution in [0.15, 0.2) is 47.6 Å². The van der Waals surface area contributed by atoms with Crippen molar-refractivity contribution in [1.82, 2.24) is 4.98 Å². The molecule has 0 radical (unpaired) electrons. The molecule has 0 bridgehead atoms. The third-order valence-electron chi connectivity index (χ3n) is 2.93. The van der Waals surface area contributed by atoms with Gasteiger partial charge in [0.15, 0.2) is 0 Å². The van der Waals surface area contributed by atoms with E-state index in [1.165, 1.54) is 23.8 Å². The molecular weight excluding hydrogens is 290 g/mol. The van der Waals surface area contributed by atoms with Gasteiger partial charge in [-0.2, -0.15) is 0 Å². The Kier molecular flexibility index (Phi) is 4.77. The molecule has 1 aromatic heterocycles. The third-order valence-corrected chi connectivity index (χ3v) is 3.84. The zero-order valence-corrected chi connectivity index (χ0v) is 12.2. The van der Waals surface area contributed by atoms with E-state index in [9.17, 15) is 8.42 Å². The van der Waals surface area contributed by atoms with Crippen LogP contribution in [0, 0.1) is 0 Å². The SMILES string of the molecule is Nc1ccc(S(N)(=O)=O)cc1OCCCc1ccncc1. The van der Waals surface area contributed by atoms with Gasteiger partial charge < -0.3 is 10.5 Å². The highest BCUT2D eigenvalue weighted by atomic mass is 32.2. The third kappa shape index (κ3) is 4.44. The largest absolute Gasteiger partial charge is 0.491 e. The Morgan fingerprint density at radius 1 is 1.14 bits per heavy atom. The lowest BCUT2D eigenvalue weighted by Gasteiger charge is -2.10. The molecule has 1 heterocycles. The van der Waals surface area contributed by atoms with Crippen molar-refractivity contribution < 1.29 is 13.2 Å². The average molecular weight is 307 g/mol. The summed E-state index contributed by atoms with van der Waals surface area (Å²) < 4.78 is 28.1. The van der Waals surface area contributed by atoms with Crippen molar-refractivity contribution in [2.24, 2.45) is 5.14 Å². The first-order valence-corrected chi connectivity index (χ1v) is 7.95. The number of aryl methyl sites for hydroxylation is 1. The Morgan fingerprint density at radius 2 is 1.86 bits per heavy atom. The Morgan fingerprint density at radius 3 is 2.52 bits per heavy atom. The van der Waals surface area contributed by atoms with Crippen LogP contribution >= 0.6 is 0 Å². The number of nitrogens with two attached hydrogens (primary N) is 2. The Balaban J connectivity index is 1.94. The minimum Gasteiger partial charge on any atom is -0.491 e. The minimum atomic E-state index is -3.76. The van der Waals surface area contributed by atoms with E-state index in [4.69, 9.17) is 15.6 Å². The summed E-state index contributed by atoms with van der Waals surface area (Å²) in [6.07, 6.45) is 5.11. The second kappa shape index (κ2) is 6.55. The summed E-state index contributed by atoms with van der Waals surface area (Å²) in [5.41, 5.74) is 7.30. The quantitative estimate of drug-likeness (QED) is 0.618. The van der Waals surface area contributed by atoms with Gasteiger partial charge in [0.2, 0.25) is 10.0 Å². The lowest BCUT2D eigenvalue weighted by Crippen LogP contribution is -2.12. The van der Waals surface area contributed by atoms with E-state index in [1.807, 2.05) is 12.1 Å². The maximum Gasteiger partial charge on any atom is 0.238 e. The number of primary sulfonamides is 1. The van der Waals surface area contributed by atoms with Crippen molar-refractivity contribution in [3.05, 3.63) is 48.3 Å². The van der Waals surface area contributed by atoms with Gasteiger partial charge in [0.05, 0.1) is 17.2 Å². The number of pyridine rings is 1. The lowest BCUT2D eigenvalue weighted by molar-refractivity contribution is 0.312. The van der Waals surface area contributed by atoms with E-state index in [0.717, 1.165) is 12.8 Å². The second-order valence-corrected chi connectivity index (χ2v) is 6.11. The molecule has 2 aromatic rings. The molecule has 7 heteroatoms. The number of ether oxygens (including phenoxy) is 1. The van der Waals surface area contributed by atoms with Crippen molar-refractivity contribution in [1.29, 1.82) is 0 Å². The summed E-state index contributed by atoms with van der Waals surface area (Å²) in [6, 6.07) is 8.05. The molecule has 0 fully saturated rings. The standard InChI is InChI=1S/C14H17N3O3S/c15-13-4-3-12(21(16,18)19)10-14(13)20-9-1-2-11-5-7-17-8-6-11/h3-8,10H,1-2,9,15H2,(H2,16,18,19). The van der Waals surface area contributed by atoms with Crippen LogP contribution in [0.2, 0.25) is 0 Å². The van der Waals surface area contributed by atoms with Crippen LogP contribution in [0.5, 0.6) is 5.75 Å². The number of sulfonamides is 1. The van der Waals surface area contributed by atoms with Crippen LogP contribution in [-0.2, 0) is 16.4 Å². The van der Waals surface area contributed by atoms with Crippen LogP contribution in [0.4, 0.5) is 5.69 Å². The van der Waals surface area contributed by atoms with E-state index in [2.05, 4.69) is 4.98 Å². The van der Waals surface area contributed by atoms with Gasteiger partial charge in [0.1, 0.15) is 5.75 Å². The molecule has 0 aliphatic heterocycles. The van der Waals surface area contributed by atoms with Gasteiger partial charge in [0, 0.05) is 18.5 Å². The molecule has 0 aliphatic carbocycles. The van der Waals surface area contributed by atoms with Gasteiger partial charge in [0.25, 0.3) is 0 Å². The number of nitrogens with zero attached hydrogens (tertiary/aromatic N) is 1. The van der Waals surface area contributed by atoms with Gasteiger partial charge in [-0.3, -0.25) is 4.98 Å². The summed E-state index contributed by atoms with van der Waals surface area (Å²) in [5.74, 6) is 0.330. The van der Waals surface area contributed by atoms with Gasteiger partial charge in [-0.1, -0.05) is 0 Å². The van der Waals surface area contributed by atoms with Crippen LogP contribution in [0.25, 0.3) is 0 Å². The Labute approximate surface area is 123 Å². The smallest absolute Gasteiger partial charge is 0.238 e. The number of benzene rings is 1. The number of nitrogen functional groups attached to an aromatic ring is 1. The summed E-state index contributed by atoms with van der Waals surface area (Å²) in [5, 5.41) is 5.08. The summed E-state index contributed by atoms with van der Waals surface area (Å²) in [6.45, 7) is 0.431. The average Bonchev–Trinajstić information content (AvgIpc) is 2.45. The minimum absolute atomic E-state index is 0.0131.